The Morgan fingerprint density at radius 2 is 0.927 bits per heavy atom. The molecule has 13 rings (SSSR count). The monoisotopic (exact) mass is 712 g/mol. The van der Waals surface area contributed by atoms with Gasteiger partial charge in [0.25, 0.3) is 0 Å². The van der Waals surface area contributed by atoms with Crippen molar-refractivity contribution in [1.29, 1.82) is 0 Å². The maximum absolute atomic E-state index is 9.90. The lowest BCUT2D eigenvalue weighted by Gasteiger charge is -2.19. The maximum atomic E-state index is 9.90. The molecule has 0 amide bonds. The first-order chi connectivity index (χ1) is 34.8. The van der Waals surface area contributed by atoms with Gasteiger partial charge in [0.2, 0.25) is 0 Å². The van der Waals surface area contributed by atoms with E-state index in [0.29, 0.717) is 27.7 Å². The highest BCUT2D eigenvalue weighted by molar-refractivity contribution is 6.28. The topological polar surface area (TPSA) is 13.1 Å². The van der Waals surface area contributed by atoms with Gasteiger partial charge in [0.05, 0.1) is 24.7 Å². The minimum absolute atomic E-state index is 0.0255. The molecule has 0 saturated heterocycles. The molecule has 252 valence electrons. The minimum Gasteiger partial charge on any atom is -0.455 e. The zero-order chi connectivity index (χ0) is 51.4. The first kappa shape index (κ1) is 17.3. The van der Waals surface area contributed by atoms with Crippen molar-refractivity contribution >= 4 is 97.3 Å². The summed E-state index contributed by atoms with van der Waals surface area (Å²) < 4.78 is 172. The molecule has 0 radical (unpaired) electrons. The molecule has 0 aliphatic heterocycles. The molecule has 0 saturated carbocycles. The predicted octanol–water partition coefficient (Wildman–Crippen LogP) is 15.5. The van der Waals surface area contributed by atoms with Gasteiger partial charge in [-0.1, -0.05) is 163 Å². The van der Waals surface area contributed by atoms with E-state index >= 15 is 0 Å². The number of furan rings is 1. The second kappa shape index (κ2) is 10.7. The van der Waals surface area contributed by atoms with Crippen molar-refractivity contribution in [3.63, 3.8) is 0 Å². The Bertz CT molecular complexity index is 4720. The Labute approximate surface area is 341 Å². The van der Waals surface area contributed by atoms with Crippen LogP contribution in [-0.2, 0) is 0 Å². The molecular formula is C54H30O. The van der Waals surface area contributed by atoms with Gasteiger partial charge in [-0.05, 0) is 122 Å². The van der Waals surface area contributed by atoms with Crippen molar-refractivity contribution in [3.05, 3.63) is 182 Å². The second-order valence-corrected chi connectivity index (χ2v) is 13.7. The van der Waals surface area contributed by atoms with Crippen molar-refractivity contribution in [1.82, 2.24) is 0 Å². The molecule has 1 nitrogen and oxygen atoms in total. The van der Waals surface area contributed by atoms with Crippen LogP contribution >= 0.6 is 0 Å². The first-order valence-electron chi connectivity index (χ1n) is 26.6. The Morgan fingerprint density at radius 1 is 0.327 bits per heavy atom. The molecule has 1 aromatic heterocycles. The third-order valence-electron chi connectivity index (χ3n) is 10.9. The Hall–Kier alpha value is -7.22. The highest BCUT2D eigenvalue weighted by atomic mass is 16.3. The molecule has 0 bridgehead atoms. The van der Waals surface area contributed by atoms with E-state index < -0.39 is 109 Å². The molecule has 1 heterocycles. The molecule has 0 spiro atoms. The maximum Gasteiger partial charge on any atom is 0.143 e. The molecule has 0 aliphatic rings. The SMILES string of the molecule is [2H]c1c([2H])c2c([2H])c([2H])c3c([2H])c([2H])c(-c4ccc(-c5cccc6oc7c8ccccc8ccc7c56)c(-c5c([2H])c([2H])c6c([2H])c([2H])c7c([2H])c([2H])c([2H])c8c([2H])c([2H])c5c6c78)c4)c4c([2H])c([2H])c(c1[2H])c2c34. The lowest BCUT2D eigenvalue weighted by atomic mass is 9.84. The molecule has 55 heavy (non-hydrogen) atoms. The number of hydrogen-bond acceptors (Lipinski definition) is 1. The molecular weight excluding hydrogens is 665 g/mol. The summed E-state index contributed by atoms with van der Waals surface area (Å²) in [5, 5.41) is 1.33. The molecule has 12 aromatic carbocycles. The van der Waals surface area contributed by atoms with E-state index in [1.165, 1.54) is 0 Å². The van der Waals surface area contributed by atoms with Gasteiger partial charge >= 0.3 is 0 Å². The Kier molecular flexibility index (Phi) is 3.36. The van der Waals surface area contributed by atoms with Crippen LogP contribution in [0.1, 0.15) is 24.7 Å². The van der Waals surface area contributed by atoms with Crippen LogP contribution in [0, 0.1) is 0 Å². The van der Waals surface area contributed by atoms with Crippen molar-refractivity contribution < 1.29 is 29.1 Å². The van der Waals surface area contributed by atoms with E-state index in [1.807, 2.05) is 42.5 Å². The zero-order valence-corrected chi connectivity index (χ0v) is 28.3. The number of rotatable bonds is 3. The van der Waals surface area contributed by atoms with Crippen LogP contribution in [0.4, 0.5) is 0 Å². The average Bonchev–Trinajstić information content (AvgIpc) is 3.78. The van der Waals surface area contributed by atoms with Gasteiger partial charge < -0.3 is 4.42 Å². The van der Waals surface area contributed by atoms with E-state index in [0.717, 1.165) is 16.2 Å². The van der Waals surface area contributed by atoms with Gasteiger partial charge in [0.15, 0.2) is 0 Å². The number of hydrogen-bond donors (Lipinski definition) is 0. The van der Waals surface area contributed by atoms with Crippen molar-refractivity contribution in [2.75, 3.05) is 0 Å². The highest BCUT2D eigenvalue weighted by Gasteiger charge is 2.21. The second-order valence-electron chi connectivity index (χ2n) is 13.7. The summed E-state index contributed by atoms with van der Waals surface area (Å²) in [6, 6.07) is 11.9. The third-order valence-corrected chi connectivity index (χ3v) is 10.9. The van der Waals surface area contributed by atoms with Gasteiger partial charge in [-0.15, -0.1) is 0 Å². The van der Waals surface area contributed by atoms with Crippen LogP contribution in [0.15, 0.2) is 186 Å². The van der Waals surface area contributed by atoms with Gasteiger partial charge in [0.1, 0.15) is 11.2 Å². The van der Waals surface area contributed by atoms with Crippen molar-refractivity contribution in [2.45, 2.75) is 0 Å². The zero-order valence-electron chi connectivity index (χ0n) is 46.3. The summed E-state index contributed by atoms with van der Waals surface area (Å²) >= 11 is 0. The summed E-state index contributed by atoms with van der Waals surface area (Å²) in [4.78, 5) is 0. The smallest absolute Gasteiger partial charge is 0.143 e. The summed E-state index contributed by atoms with van der Waals surface area (Å²) in [6.45, 7) is 0. The average molecular weight is 713 g/mol. The molecule has 0 aliphatic carbocycles. The van der Waals surface area contributed by atoms with Crippen molar-refractivity contribution in [3.8, 4) is 33.4 Å². The van der Waals surface area contributed by atoms with E-state index in [1.54, 1.807) is 30.3 Å². The van der Waals surface area contributed by atoms with Gasteiger partial charge in [-0.2, -0.15) is 0 Å². The summed E-state index contributed by atoms with van der Waals surface area (Å²) in [7, 11) is 0. The standard InChI is InChI=1S/C54H30O/c1-2-11-40-31(6-1)18-29-46-53-43(12-5-13-48(53)55-54(40)46)41-26-23-38(39-24-19-36-16-14-32-7-3-9-34-21-27-44(39)51(36)49(32)34)30-47(41)42-25-20-37-17-15-33-8-4-10-35-22-28-45(42)52(37)50(33)35/h1-30H/i3D,4D,7D,8D,9D,10D,14D,15D,16D,17D,19D,20D,21D,22D,24D,25D,27D,28D. The normalized spacial score (nSPS) is 16.9. The van der Waals surface area contributed by atoms with E-state index in [2.05, 4.69) is 0 Å². The fraction of sp³-hybridized carbons (Fsp3) is 0. The number of benzene rings is 12. The summed E-state index contributed by atoms with van der Waals surface area (Å²) in [5.74, 6) is 0. The van der Waals surface area contributed by atoms with Gasteiger partial charge in [0, 0.05) is 16.2 Å². The van der Waals surface area contributed by atoms with Crippen LogP contribution < -0.4 is 0 Å². The summed E-state index contributed by atoms with van der Waals surface area (Å²) in [6.07, 6.45) is 0. The largest absolute Gasteiger partial charge is 0.455 e. The van der Waals surface area contributed by atoms with E-state index in [4.69, 9.17) is 16.8 Å². The highest BCUT2D eigenvalue weighted by Crippen LogP contribution is 2.48. The minimum atomic E-state index is -0.616. The first-order valence-corrected chi connectivity index (χ1v) is 17.6. The molecule has 1 heteroatoms. The van der Waals surface area contributed by atoms with Gasteiger partial charge in [-0.25, -0.2) is 0 Å². The Balaban J connectivity index is 1.25. The molecule has 0 fully saturated rings. The fourth-order valence-electron chi connectivity index (χ4n) is 8.46. The predicted molar refractivity (Wildman–Crippen MR) is 235 cm³/mol. The summed E-state index contributed by atoms with van der Waals surface area (Å²) in [5.41, 5.74) is 1.98. The molecule has 0 atom stereocenters. The quantitative estimate of drug-likeness (QED) is 0.166. The van der Waals surface area contributed by atoms with Crippen LogP contribution in [0.2, 0.25) is 0 Å². The number of fused-ring (bicyclic) bond motifs is 5. The lowest BCUT2D eigenvalue weighted by molar-refractivity contribution is 0.673. The molecule has 0 N–H and O–H groups in total. The van der Waals surface area contributed by atoms with Crippen LogP contribution in [0.25, 0.3) is 131 Å². The Morgan fingerprint density at radius 3 is 1.64 bits per heavy atom. The van der Waals surface area contributed by atoms with Crippen LogP contribution in [0.3, 0.4) is 0 Å². The van der Waals surface area contributed by atoms with E-state index in [-0.39, 0.29) is 86.9 Å². The van der Waals surface area contributed by atoms with Crippen molar-refractivity contribution in [2.24, 2.45) is 0 Å². The molecule has 0 unspecified atom stereocenters. The van der Waals surface area contributed by atoms with Crippen LogP contribution in [-0.4, -0.2) is 0 Å². The third kappa shape index (κ3) is 3.97. The van der Waals surface area contributed by atoms with Crippen LogP contribution in [0.5, 0.6) is 0 Å². The molecule has 13 aromatic rings. The van der Waals surface area contributed by atoms with E-state index in [9.17, 15) is 12.3 Å². The fourth-order valence-corrected chi connectivity index (χ4v) is 8.46. The lowest BCUT2D eigenvalue weighted by Crippen LogP contribution is -1.92. The van der Waals surface area contributed by atoms with Gasteiger partial charge in [-0.3, -0.25) is 0 Å².